The van der Waals surface area contributed by atoms with E-state index in [0.29, 0.717) is 30.1 Å². The van der Waals surface area contributed by atoms with E-state index in [1.165, 1.54) is 18.5 Å². The average molecular weight is 426 g/mol. The SMILES string of the molecule is O=C(Nc1ccc(CCNc2ncnc3[nH]ncc23)cc1)c1cccc(C(F)(F)F)c1. The van der Waals surface area contributed by atoms with Crippen LogP contribution in [0, 0.1) is 0 Å². The van der Waals surface area contributed by atoms with Crippen LogP contribution in [-0.2, 0) is 12.6 Å². The first-order chi connectivity index (χ1) is 14.9. The number of hydrogen-bond donors (Lipinski definition) is 3. The number of rotatable bonds is 6. The van der Waals surface area contributed by atoms with Gasteiger partial charge < -0.3 is 10.6 Å². The third-order valence-electron chi connectivity index (χ3n) is 4.62. The molecule has 10 heteroatoms. The number of aromatic amines is 1. The summed E-state index contributed by atoms with van der Waals surface area (Å²) in [6, 6.07) is 11.4. The Bertz CT molecular complexity index is 1200. The van der Waals surface area contributed by atoms with E-state index in [1.807, 2.05) is 12.1 Å². The summed E-state index contributed by atoms with van der Waals surface area (Å²) < 4.78 is 38.5. The first-order valence-corrected chi connectivity index (χ1v) is 9.36. The number of nitrogens with zero attached hydrogens (tertiary/aromatic N) is 3. The summed E-state index contributed by atoms with van der Waals surface area (Å²) in [5.41, 5.74) is 1.24. The van der Waals surface area contributed by atoms with Crippen LogP contribution in [-0.4, -0.2) is 32.6 Å². The van der Waals surface area contributed by atoms with Gasteiger partial charge in [-0.25, -0.2) is 9.97 Å². The van der Waals surface area contributed by atoms with Gasteiger partial charge in [0.05, 0.1) is 17.1 Å². The zero-order valence-corrected chi connectivity index (χ0v) is 16.1. The van der Waals surface area contributed by atoms with Crippen molar-refractivity contribution in [2.75, 3.05) is 17.2 Å². The van der Waals surface area contributed by atoms with E-state index in [-0.39, 0.29) is 5.56 Å². The number of anilines is 2. The number of carbonyl (C=O) groups excluding carboxylic acids is 1. The lowest BCUT2D eigenvalue weighted by Gasteiger charge is -2.10. The van der Waals surface area contributed by atoms with Gasteiger partial charge in [0, 0.05) is 17.8 Å². The third kappa shape index (κ3) is 4.80. The van der Waals surface area contributed by atoms with Gasteiger partial charge in [0.15, 0.2) is 5.65 Å². The topological polar surface area (TPSA) is 95.6 Å². The molecular formula is C21H17F3N6O. The van der Waals surface area contributed by atoms with E-state index in [2.05, 4.69) is 30.8 Å². The monoisotopic (exact) mass is 426 g/mol. The fourth-order valence-electron chi connectivity index (χ4n) is 3.03. The Morgan fingerprint density at radius 2 is 1.87 bits per heavy atom. The summed E-state index contributed by atoms with van der Waals surface area (Å²) >= 11 is 0. The Hall–Kier alpha value is -3.95. The number of H-pyrrole nitrogens is 1. The van der Waals surface area contributed by atoms with E-state index < -0.39 is 17.6 Å². The second kappa shape index (κ2) is 8.42. The van der Waals surface area contributed by atoms with E-state index in [1.54, 1.807) is 18.3 Å². The van der Waals surface area contributed by atoms with Gasteiger partial charge in [0.1, 0.15) is 12.1 Å². The van der Waals surface area contributed by atoms with Gasteiger partial charge in [-0.15, -0.1) is 0 Å². The summed E-state index contributed by atoms with van der Waals surface area (Å²) in [7, 11) is 0. The predicted molar refractivity (Wildman–Crippen MR) is 110 cm³/mol. The number of aromatic nitrogens is 4. The smallest absolute Gasteiger partial charge is 0.369 e. The molecule has 0 bridgehead atoms. The van der Waals surface area contributed by atoms with Crippen molar-refractivity contribution >= 4 is 28.4 Å². The minimum absolute atomic E-state index is 0.0569. The molecular weight excluding hydrogens is 409 g/mol. The van der Waals surface area contributed by atoms with Crippen LogP contribution in [0.4, 0.5) is 24.7 Å². The van der Waals surface area contributed by atoms with E-state index in [9.17, 15) is 18.0 Å². The number of fused-ring (bicyclic) bond motifs is 1. The predicted octanol–water partition coefficient (Wildman–Crippen LogP) is 4.28. The highest BCUT2D eigenvalue weighted by atomic mass is 19.4. The Balaban J connectivity index is 1.34. The summed E-state index contributed by atoms with van der Waals surface area (Å²) in [5.74, 6) is 0.0807. The lowest BCUT2D eigenvalue weighted by molar-refractivity contribution is -0.137. The second-order valence-electron chi connectivity index (χ2n) is 6.76. The molecule has 0 radical (unpaired) electrons. The van der Waals surface area contributed by atoms with Crippen molar-refractivity contribution in [3.05, 3.63) is 77.7 Å². The molecule has 0 aliphatic rings. The highest BCUT2D eigenvalue weighted by molar-refractivity contribution is 6.04. The van der Waals surface area contributed by atoms with Crippen molar-refractivity contribution < 1.29 is 18.0 Å². The number of amides is 1. The minimum atomic E-state index is -4.50. The molecule has 0 atom stereocenters. The molecule has 4 rings (SSSR count). The number of halogens is 3. The van der Waals surface area contributed by atoms with Gasteiger partial charge in [-0.1, -0.05) is 18.2 Å². The standard InChI is InChI=1S/C21H17F3N6O/c22-21(23,24)15-3-1-2-14(10-15)20(31)29-16-6-4-13(5-7-16)8-9-25-18-17-11-28-30-19(17)27-12-26-18/h1-7,10-12H,8-9H2,(H,29,31)(H2,25,26,27,28,30). The molecule has 0 aliphatic heterocycles. The minimum Gasteiger partial charge on any atom is -0.369 e. The fraction of sp³-hybridized carbons (Fsp3) is 0.143. The summed E-state index contributed by atoms with van der Waals surface area (Å²) in [6.45, 7) is 0.618. The van der Waals surface area contributed by atoms with Crippen molar-refractivity contribution in [2.45, 2.75) is 12.6 Å². The maximum Gasteiger partial charge on any atom is 0.416 e. The normalized spacial score (nSPS) is 11.5. The van der Waals surface area contributed by atoms with Crippen LogP contribution in [0.3, 0.4) is 0 Å². The maximum atomic E-state index is 12.8. The molecule has 31 heavy (non-hydrogen) atoms. The molecule has 0 spiro atoms. The zero-order valence-electron chi connectivity index (χ0n) is 16.1. The Morgan fingerprint density at radius 1 is 1.06 bits per heavy atom. The van der Waals surface area contributed by atoms with E-state index in [4.69, 9.17) is 0 Å². The Morgan fingerprint density at radius 3 is 2.65 bits per heavy atom. The van der Waals surface area contributed by atoms with Crippen molar-refractivity contribution in [2.24, 2.45) is 0 Å². The molecule has 2 aromatic carbocycles. The van der Waals surface area contributed by atoms with Crippen molar-refractivity contribution in [3.8, 4) is 0 Å². The lowest BCUT2D eigenvalue weighted by Crippen LogP contribution is -2.14. The van der Waals surface area contributed by atoms with Crippen LogP contribution < -0.4 is 10.6 Å². The summed E-state index contributed by atoms with van der Waals surface area (Å²) in [5, 5.41) is 13.4. The van der Waals surface area contributed by atoms with Crippen LogP contribution >= 0.6 is 0 Å². The quantitative estimate of drug-likeness (QED) is 0.428. The van der Waals surface area contributed by atoms with Gasteiger partial charge in [-0.3, -0.25) is 9.89 Å². The Labute approximate surface area is 174 Å². The number of nitrogens with one attached hydrogen (secondary N) is 3. The lowest BCUT2D eigenvalue weighted by atomic mass is 10.1. The zero-order chi connectivity index (χ0) is 21.8. The maximum absolute atomic E-state index is 12.8. The summed E-state index contributed by atoms with van der Waals surface area (Å²) in [6.07, 6.45) is -0.698. The molecule has 1 amide bonds. The van der Waals surface area contributed by atoms with E-state index >= 15 is 0 Å². The number of alkyl halides is 3. The summed E-state index contributed by atoms with van der Waals surface area (Å²) in [4.78, 5) is 20.6. The third-order valence-corrected chi connectivity index (χ3v) is 4.62. The molecule has 7 nitrogen and oxygen atoms in total. The Kier molecular flexibility index (Phi) is 5.52. The molecule has 2 aromatic heterocycles. The first-order valence-electron chi connectivity index (χ1n) is 9.36. The van der Waals surface area contributed by atoms with Crippen LogP contribution in [0.25, 0.3) is 11.0 Å². The van der Waals surface area contributed by atoms with Crippen molar-refractivity contribution in [3.63, 3.8) is 0 Å². The first kappa shape index (κ1) is 20.3. The number of hydrogen-bond acceptors (Lipinski definition) is 5. The van der Waals surface area contributed by atoms with Gasteiger partial charge in [-0.2, -0.15) is 18.3 Å². The molecule has 158 valence electrons. The largest absolute Gasteiger partial charge is 0.416 e. The molecule has 0 saturated carbocycles. The van der Waals surface area contributed by atoms with E-state index in [0.717, 1.165) is 23.1 Å². The molecule has 0 fully saturated rings. The van der Waals surface area contributed by atoms with Gasteiger partial charge in [0.25, 0.3) is 5.91 Å². The van der Waals surface area contributed by atoms with Crippen LogP contribution in [0.15, 0.2) is 61.1 Å². The van der Waals surface area contributed by atoms with Crippen molar-refractivity contribution in [1.82, 2.24) is 20.2 Å². The molecule has 4 aromatic rings. The number of carbonyl (C=O) groups is 1. The highest BCUT2D eigenvalue weighted by Crippen LogP contribution is 2.29. The molecule has 0 unspecified atom stereocenters. The molecule has 3 N–H and O–H groups in total. The molecule has 2 heterocycles. The van der Waals surface area contributed by atoms with Crippen LogP contribution in [0.5, 0.6) is 0 Å². The van der Waals surface area contributed by atoms with Gasteiger partial charge in [0.2, 0.25) is 0 Å². The van der Waals surface area contributed by atoms with Gasteiger partial charge in [-0.05, 0) is 42.3 Å². The van der Waals surface area contributed by atoms with Gasteiger partial charge >= 0.3 is 6.18 Å². The fourth-order valence-corrected chi connectivity index (χ4v) is 3.03. The second-order valence-corrected chi connectivity index (χ2v) is 6.76. The average Bonchev–Trinajstić information content (AvgIpc) is 3.24. The highest BCUT2D eigenvalue weighted by Gasteiger charge is 2.30. The van der Waals surface area contributed by atoms with Crippen molar-refractivity contribution in [1.29, 1.82) is 0 Å². The molecule has 0 saturated heterocycles. The number of benzene rings is 2. The van der Waals surface area contributed by atoms with Crippen LogP contribution in [0.2, 0.25) is 0 Å². The molecule has 0 aliphatic carbocycles. The van der Waals surface area contributed by atoms with Crippen LogP contribution in [0.1, 0.15) is 21.5 Å².